The van der Waals surface area contributed by atoms with Crippen molar-refractivity contribution in [3.05, 3.63) is 95.9 Å². The number of ether oxygens (including phenoxy) is 2. The van der Waals surface area contributed by atoms with Crippen LogP contribution in [0.5, 0.6) is 11.5 Å². The average molecular weight is 600 g/mol. The van der Waals surface area contributed by atoms with Crippen LogP contribution >= 0.6 is 0 Å². The van der Waals surface area contributed by atoms with Crippen LogP contribution in [0.15, 0.2) is 84.3 Å². The Morgan fingerprint density at radius 2 is 1.42 bits per heavy atom. The highest BCUT2D eigenvalue weighted by atomic mass is 32.2. The smallest absolute Gasteiger partial charge is 0.192 e. The van der Waals surface area contributed by atoms with Gasteiger partial charge in [0.25, 0.3) is 0 Å². The van der Waals surface area contributed by atoms with Crippen LogP contribution in [0, 0.1) is 0 Å². The van der Waals surface area contributed by atoms with Crippen LogP contribution in [0.1, 0.15) is 23.6 Å². The zero-order valence-corrected chi connectivity index (χ0v) is 26.2. The third-order valence-corrected chi connectivity index (χ3v) is 8.63. The maximum absolute atomic E-state index is 12.2. The topological polar surface area (TPSA) is 89.8 Å². The zero-order valence-electron chi connectivity index (χ0n) is 25.4. The van der Waals surface area contributed by atoms with Crippen LogP contribution in [0.25, 0.3) is 11.0 Å². The lowest BCUT2D eigenvalue weighted by atomic mass is 10.1. The van der Waals surface area contributed by atoms with Crippen molar-refractivity contribution in [3.8, 4) is 11.5 Å². The van der Waals surface area contributed by atoms with E-state index in [2.05, 4.69) is 51.2 Å². The van der Waals surface area contributed by atoms with Gasteiger partial charge < -0.3 is 23.8 Å². The van der Waals surface area contributed by atoms with Gasteiger partial charge in [0.15, 0.2) is 14.9 Å². The summed E-state index contributed by atoms with van der Waals surface area (Å²) in [6.45, 7) is 3.29. The summed E-state index contributed by atoms with van der Waals surface area (Å²) in [5, 5.41) is 0.0782. The van der Waals surface area contributed by atoms with Crippen LogP contribution in [0.4, 0.5) is 17.1 Å². The molecule has 0 fully saturated rings. The van der Waals surface area contributed by atoms with Crippen LogP contribution in [-0.4, -0.2) is 50.5 Å². The minimum atomic E-state index is -3.42. The van der Waals surface area contributed by atoms with Gasteiger partial charge in [-0.05, 0) is 65.6 Å². The van der Waals surface area contributed by atoms with Gasteiger partial charge in [0.2, 0.25) is 0 Å². The summed E-state index contributed by atoms with van der Waals surface area (Å²) in [5.74, 6) is 1.62. The van der Waals surface area contributed by atoms with E-state index in [4.69, 9.17) is 14.5 Å². The number of aryl methyl sites for hydroxylation is 2. The molecule has 2 aromatic heterocycles. The Kier molecular flexibility index (Phi) is 8.59. The van der Waals surface area contributed by atoms with Crippen molar-refractivity contribution < 1.29 is 17.9 Å². The summed E-state index contributed by atoms with van der Waals surface area (Å²) in [7, 11) is 3.88. The van der Waals surface area contributed by atoms with E-state index in [9.17, 15) is 8.42 Å². The van der Waals surface area contributed by atoms with Gasteiger partial charge in [0, 0.05) is 39.1 Å². The van der Waals surface area contributed by atoms with E-state index in [1.54, 1.807) is 26.5 Å². The number of hydrogen-bond donors (Lipinski definition) is 0. The first-order chi connectivity index (χ1) is 20.6. The molecule has 0 aliphatic heterocycles. The van der Waals surface area contributed by atoms with Gasteiger partial charge >= 0.3 is 0 Å². The second-order valence-electron chi connectivity index (χ2n) is 10.6. The first-order valence-electron chi connectivity index (χ1n) is 14.0. The third kappa shape index (κ3) is 6.44. The molecule has 0 radical (unpaired) electrons. The largest absolute Gasteiger partial charge is 0.497 e. The van der Waals surface area contributed by atoms with Crippen molar-refractivity contribution in [2.45, 2.75) is 31.5 Å². The van der Waals surface area contributed by atoms with E-state index in [0.717, 1.165) is 56.3 Å². The van der Waals surface area contributed by atoms with Crippen molar-refractivity contribution in [3.63, 3.8) is 0 Å². The lowest BCUT2D eigenvalue weighted by Gasteiger charge is -2.29. The molecule has 43 heavy (non-hydrogen) atoms. The van der Waals surface area contributed by atoms with Gasteiger partial charge in [-0.3, -0.25) is 0 Å². The van der Waals surface area contributed by atoms with Gasteiger partial charge in [0.05, 0.1) is 43.6 Å². The molecule has 0 N–H and O–H groups in total. The Bertz CT molecular complexity index is 1790. The Balaban J connectivity index is 1.62. The summed E-state index contributed by atoms with van der Waals surface area (Å²) < 4.78 is 37.2. The van der Waals surface area contributed by atoms with Gasteiger partial charge in [0.1, 0.15) is 17.0 Å². The fourth-order valence-corrected chi connectivity index (χ4v) is 5.76. The van der Waals surface area contributed by atoms with Crippen LogP contribution < -0.4 is 19.3 Å². The summed E-state index contributed by atoms with van der Waals surface area (Å²) in [4.78, 5) is 13.5. The highest BCUT2D eigenvalue weighted by molar-refractivity contribution is 7.90. The molecule has 10 heteroatoms. The van der Waals surface area contributed by atoms with Gasteiger partial charge in [-0.25, -0.2) is 18.4 Å². The summed E-state index contributed by atoms with van der Waals surface area (Å²) in [6.07, 6.45) is 5.32. The van der Waals surface area contributed by atoms with Crippen LogP contribution in [0.2, 0.25) is 0 Å². The second kappa shape index (κ2) is 12.3. The highest BCUT2D eigenvalue weighted by Crippen LogP contribution is 2.37. The number of fused-ring (bicyclic) bond motifs is 1. The number of sulfone groups is 1. The molecule has 9 nitrogen and oxygen atoms in total. The molecule has 0 saturated heterocycles. The van der Waals surface area contributed by atoms with Crippen molar-refractivity contribution >= 4 is 37.9 Å². The number of anilines is 3. The first kappa shape index (κ1) is 29.9. The van der Waals surface area contributed by atoms with E-state index < -0.39 is 9.84 Å². The number of hydrogen-bond acceptors (Lipinski definition) is 8. The SMILES string of the molecule is CCc1cc(S(C)(=O)=O)ncc1N(C)c1cc(N(Cc2ccc(OC)cc2)Cc2ccc(OC)cc2)c2ncn(C)c2c1. The number of rotatable bonds is 11. The summed E-state index contributed by atoms with van der Waals surface area (Å²) >= 11 is 0. The number of aromatic nitrogens is 3. The van der Waals surface area contributed by atoms with Crippen LogP contribution in [-0.2, 0) is 36.4 Å². The molecule has 2 heterocycles. The van der Waals surface area contributed by atoms with E-state index in [1.165, 1.54) is 6.26 Å². The van der Waals surface area contributed by atoms with E-state index in [-0.39, 0.29) is 5.03 Å². The molecular formula is C33H37N5O4S. The standard InChI is InChI=1S/C33H37N5O4S/c1-7-25-16-32(43(6,39)40)34-19-31(25)37(3)26-17-29-33(35-22-36(29)2)30(18-26)38(20-23-8-12-27(41-4)13-9-23)21-24-10-14-28(42-5)15-11-24/h8-19,22H,7,20-21H2,1-6H3. The molecular weight excluding hydrogens is 562 g/mol. The number of imidazole rings is 1. The number of pyridine rings is 1. The molecule has 0 saturated carbocycles. The Labute approximate surface area is 253 Å². The van der Waals surface area contributed by atoms with Gasteiger partial charge in [-0.1, -0.05) is 31.2 Å². The monoisotopic (exact) mass is 599 g/mol. The summed E-state index contributed by atoms with van der Waals surface area (Å²) in [6, 6.07) is 22.1. The predicted octanol–water partition coefficient (Wildman–Crippen LogP) is 5.93. The highest BCUT2D eigenvalue weighted by Gasteiger charge is 2.20. The van der Waals surface area contributed by atoms with E-state index >= 15 is 0 Å². The molecule has 224 valence electrons. The van der Waals surface area contributed by atoms with E-state index in [1.807, 2.05) is 56.2 Å². The van der Waals surface area contributed by atoms with E-state index in [0.29, 0.717) is 19.5 Å². The third-order valence-electron chi connectivity index (χ3n) is 7.65. The Hall–Kier alpha value is -4.57. The molecule has 0 spiro atoms. The van der Waals surface area contributed by atoms with Crippen LogP contribution in [0.3, 0.4) is 0 Å². The fraction of sp³-hybridized carbons (Fsp3) is 0.273. The normalized spacial score (nSPS) is 11.5. The van der Waals surface area contributed by atoms with Crippen molar-refractivity contribution in [1.29, 1.82) is 0 Å². The molecule has 5 rings (SSSR count). The molecule has 5 aromatic rings. The molecule has 3 aromatic carbocycles. The van der Waals surface area contributed by atoms with Gasteiger partial charge in [-0.15, -0.1) is 0 Å². The number of benzene rings is 3. The number of methoxy groups -OCH3 is 2. The Morgan fingerprint density at radius 3 is 1.93 bits per heavy atom. The lowest BCUT2D eigenvalue weighted by molar-refractivity contribution is 0.414. The maximum Gasteiger partial charge on any atom is 0.192 e. The van der Waals surface area contributed by atoms with Gasteiger partial charge in [-0.2, -0.15) is 0 Å². The Morgan fingerprint density at radius 1 is 0.837 bits per heavy atom. The van der Waals surface area contributed by atoms with Crippen molar-refractivity contribution in [2.24, 2.45) is 7.05 Å². The number of nitrogens with zero attached hydrogens (tertiary/aromatic N) is 5. The molecule has 0 bridgehead atoms. The quantitative estimate of drug-likeness (QED) is 0.185. The summed E-state index contributed by atoms with van der Waals surface area (Å²) in [5.41, 5.74) is 7.79. The van der Waals surface area contributed by atoms with Crippen molar-refractivity contribution in [1.82, 2.24) is 14.5 Å². The van der Waals surface area contributed by atoms with Crippen molar-refractivity contribution in [2.75, 3.05) is 37.3 Å². The molecule has 0 aliphatic carbocycles. The average Bonchev–Trinajstić information content (AvgIpc) is 3.40. The fourth-order valence-electron chi connectivity index (χ4n) is 5.16. The molecule has 0 aliphatic rings. The maximum atomic E-state index is 12.2. The minimum absolute atomic E-state index is 0.0782. The first-order valence-corrected chi connectivity index (χ1v) is 15.9. The predicted molar refractivity (Wildman–Crippen MR) is 171 cm³/mol. The molecule has 0 atom stereocenters. The molecule has 0 amide bonds. The zero-order chi connectivity index (χ0) is 30.7. The second-order valence-corrected chi connectivity index (χ2v) is 12.5. The molecule has 0 unspecified atom stereocenters. The lowest BCUT2D eigenvalue weighted by Crippen LogP contribution is -2.23. The minimum Gasteiger partial charge on any atom is -0.497 e.